The van der Waals surface area contributed by atoms with Crippen molar-refractivity contribution in [1.82, 2.24) is 9.97 Å². The fourth-order valence-corrected chi connectivity index (χ4v) is 5.94. The number of benzene rings is 5. The molecule has 1 aliphatic rings. The molecule has 3 heterocycles. The van der Waals surface area contributed by atoms with Gasteiger partial charge in [-0.05, 0) is 59.0 Å². The first kappa shape index (κ1) is 23.4. The molecule has 0 bridgehead atoms. The average Bonchev–Trinajstić information content (AvgIpc) is 3.17. The number of anilines is 3. The van der Waals surface area contributed by atoms with E-state index in [2.05, 4.69) is 137 Å². The maximum absolute atomic E-state index is 4.86. The maximum Gasteiger partial charge on any atom is 0.0709 e. The van der Waals surface area contributed by atoms with Crippen molar-refractivity contribution in [1.29, 1.82) is 0 Å². The molecule has 1 aliphatic heterocycles. The number of fused-ring (bicyclic) bond motifs is 6. The van der Waals surface area contributed by atoms with Gasteiger partial charge in [-0.15, -0.1) is 0 Å². The predicted octanol–water partition coefficient (Wildman–Crippen LogP) is 10.1. The Labute approximate surface area is 239 Å². The SMILES string of the molecule is c1ccc(-c2cccc(N3c4ccccc4-c4ccccc4-c4ccc(-c5cc6ccccc6cn5)cc43)c2)nc1. The van der Waals surface area contributed by atoms with Gasteiger partial charge in [0.1, 0.15) is 0 Å². The molecule has 0 spiro atoms. The molecule has 0 amide bonds. The summed E-state index contributed by atoms with van der Waals surface area (Å²) in [5, 5.41) is 2.32. The van der Waals surface area contributed by atoms with Crippen LogP contribution in [-0.2, 0) is 0 Å². The Kier molecular flexibility index (Phi) is 5.46. The summed E-state index contributed by atoms with van der Waals surface area (Å²) in [5.41, 5.74) is 12.2. The molecule has 5 aromatic carbocycles. The van der Waals surface area contributed by atoms with Crippen LogP contribution in [0.15, 0.2) is 152 Å². The molecule has 0 saturated carbocycles. The third-order valence-corrected chi connectivity index (χ3v) is 7.88. The van der Waals surface area contributed by atoms with Gasteiger partial charge in [-0.25, -0.2) is 0 Å². The number of para-hydroxylation sites is 1. The van der Waals surface area contributed by atoms with E-state index in [0.717, 1.165) is 45.0 Å². The summed E-state index contributed by atoms with van der Waals surface area (Å²) in [5.74, 6) is 0. The van der Waals surface area contributed by atoms with Gasteiger partial charge in [0.25, 0.3) is 0 Å². The summed E-state index contributed by atoms with van der Waals surface area (Å²) < 4.78 is 0. The van der Waals surface area contributed by atoms with Crippen LogP contribution < -0.4 is 4.90 Å². The van der Waals surface area contributed by atoms with E-state index < -0.39 is 0 Å². The number of rotatable bonds is 3. The third kappa shape index (κ3) is 3.98. The van der Waals surface area contributed by atoms with Crippen molar-refractivity contribution in [2.45, 2.75) is 0 Å². The van der Waals surface area contributed by atoms with Crippen molar-refractivity contribution in [2.75, 3.05) is 4.90 Å². The van der Waals surface area contributed by atoms with Gasteiger partial charge < -0.3 is 4.90 Å². The van der Waals surface area contributed by atoms with Crippen LogP contribution >= 0.6 is 0 Å². The number of hydrogen-bond donors (Lipinski definition) is 0. The minimum absolute atomic E-state index is 0.954. The lowest BCUT2D eigenvalue weighted by Crippen LogP contribution is -2.11. The van der Waals surface area contributed by atoms with Gasteiger partial charge in [-0.2, -0.15) is 0 Å². The third-order valence-electron chi connectivity index (χ3n) is 7.88. The molecule has 0 N–H and O–H groups in total. The Hall–Kier alpha value is -5.54. The van der Waals surface area contributed by atoms with E-state index in [-0.39, 0.29) is 0 Å². The molecule has 0 atom stereocenters. The summed E-state index contributed by atoms with van der Waals surface area (Å²) in [6.45, 7) is 0. The Balaban J connectivity index is 1.40. The molecule has 2 aromatic heterocycles. The normalized spacial score (nSPS) is 11.9. The molecule has 192 valence electrons. The first-order valence-electron chi connectivity index (χ1n) is 13.8. The molecule has 0 radical (unpaired) electrons. The Morgan fingerprint density at radius 1 is 0.415 bits per heavy atom. The number of hydrogen-bond acceptors (Lipinski definition) is 3. The molecular weight excluding hydrogens is 498 g/mol. The van der Waals surface area contributed by atoms with Crippen molar-refractivity contribution in [2.24, 2.45) is 0 Å². The molecule has 3 heteroatoms. The van der Waals surface area contributed by atoms with Gasteiger partial charge in [0.05, 0.1) is 22.8 Å². The van der Waals surface area contributed by atoms with Gasteiger partial charge in [0.15, 0.2) is 0 Å². The zero-order valence-electron chi connectivity index (χ0n) is 22.3. The van der Waals surface area contributed by atoms with Crippen molar-refractivity contribution in [3.05, 3.63) is 152 Å². The zero-order valence-corrected chi connectivity index (χ0v) is 22.3. The van der Waals surface area contributed by atoms with Crippen LogP contribution in [0.1, 0.15) is 0 Å². The van der Waals surface area contributed by atoms with Gasteiger partial charge in [-0.1, -0.05) is 97.1 Å². The molecule has 41 heavy (non-hydrogen) atoms. The molecule has 3 nitrogen and oxygen atoms in total. The molecule has 0 fully saturated rings. The maximum atomic E-state index is 4.86. The standard InChI is InChI=1S/C38H25N3/c1-2-11-29-25-40-36(23-26(29)10-1)28-19-20-34-32-15-4-3-14-31(32)33-16-5-6-18-37(33)41(38(34)24-28)30-13-9-12-27(22-30)35-17-7-8-21-39-35/h1-25H. The van der Waals surface area contributed by atoms with Crippen LogP contribution in [0.5, 0.6) is 0 Å². The lowest BCUT2D eigenvalue weighted by molar-refractivity contribution is 1.28. The van der Waals surface area contributed by atoms with Crippen LogP contribution in [0.4, 0.5) is 17.1 Å². The summed E-state index contributed by atoms with van der Waals surface area (Å²) in [6, 6.07) is 49.4. The van der Waals surface area contributed by atoms with E-state index in [1.54, 1.807) is 0 Å². The second kappa shape index (κ2) is 9.58. The topological polar surface area (TPSA) is 29.0 Å². The van der Waals surface area contributed by atoms with Crippen molar-refractivity contribution < 1.29 is 0 Å². The molecular formula is C38H25N3. The smallest absolute Gasteiger partial charge is 0.0709 e. The lowest BCUT2D eigenvalue weighted by Gasteiger charge is -2.28. The van der Waals surface area contributed by atoms with Crippen molar-refractivity contribution in [3.8, 4) is 44.8 Å². The molecule has 8 rings (SSSR count). The highest BCUT2D eigenvalue weighted by Crippen LogP contribution is 2.51. The Morgan fingerprint density at radius 2 is 1.12 bits per heavy atom. The summed E-state index contributed by atoms with van der Waals surface area (Å²) in [7, 11) is 0. The highest BCUT2D eigenvalue weighted by atomic mass is 15.1. The van der Waals surface area contributed by atoms with E-state index >= 15 is 0 Å². The van der Waals surface area contributed by atoms with Gasteiger partial charge in [0, 0.05) is 45.7 Å². The fraction of sp³-hybridized carbons (Fsp3) is 0. The van der Waals surface area contributed by atoms with Crippen LogP contribution in [0, 0.1) is 0 Å². The van der Waals surface area contributed by atoms with E-state index in [0.29, 0.717) is 0 Å². The average molecular weight is 524 g/mol. The monoisotopic (exact) mass is 523 g/mol. The Morgan fingerprint density at radius 3 is 1.95 bits per heavy atom. The number of nitrogens with zero attached hydrogens (tertiary/aromatic N) is 3. The van der Waals surface area contributed by atoms with E-state index in [1.807, 2.05) is 24.5 Å². The number of aromatic nitrogens is 2. The molecule has 0 saturated heterocycles. The number of pyridine rings is 2. The van der Waals surface area contributed by atoms with Crippen molar-refractivity contribution in [3.63, 3.8) is 0 Å². The largest absolute Gasteiger partial charge is 0.309 e. The van der Waals surface area contributed by atoms with Gasteiger partial charge >= 0.3 is 0 Å². The minimum atomic E-state index is 0.954. The van der Waals surface area contributed by atoms with Gasteiger partial charge in [0.2, 0.25) is 0 Å². The highest BCUT2D eigenvalue weighted by Gasteiger charge is 2.26. The minimum Gasteiger partial charge on any atom is -0.309 e. The summed E-state index contributed by atoms with van der Waals surface area (Å²) in [4.78, 5) is 11.9. The highest BCUT2D eigenvalue weighted by molar-refractivity contribution is 6.03. The first-order valence-corrected chi connectivity index (χ1v) is 13.8. The second-order valence-corrected chi connectivity index (χ2v) is 10.3. The van der Waals surface area contributed by atoms with E-state index in [1.165, 1.54) is 27.6 Å². The molecule has 7 aromatic rings. The van der Waals surface area contributed by atoms with E-state index in [9.17, 15) is 0 Å². The second-order valence-electron chi connectivity index (χ2n) is 10.3. The van der Waals surface area contributed by atoms with Crippen LogP contribution in [-0.4, -0.2) is 9.97 Å². The summed E-state index contributed by atoms with van der Waals surface area (Å²) >= 11 is 0. The quantitative estimate of drug-likeness (QED) is 0.231. The molecule has 0 aliphatic carbocycles. The van der Waals surface area contributed by atoms with Crippen LogP contribution in [0.2, 0.25) is 0 Å². The fourth-order valence-electron chi connectivity index (χ4n) is 5.94. The van der Waals surface area contributed by atoms with Crippen molar-refractivity contribution >= 4 is 27.8 Å². The lowest BCUT2D eigenvalue weighted by atomic mass is 9.94. The zero-order chi connectivity index (χ0) is 27.2. The van der Waals surface area contributed by atoms with Crippen LogP contribution in [0.25, 0.3) is 55.5 Å². The molecule has 0 unspecified atom stereocenters. The Bertz CT molecular complexity index is 2060. The van der Waals surface area contributed by atoms with Crippen LogP contribution in [0.3, 0.4) is 0 Å². The van der Waals surface area contributed by atoms with E-state index in [4.69, 9.17) is 4.98 Å². The first-order chi connectivity index (χ1) is 20.3. The van der Waals surface area contributed by atoms with Gasteiger partial charge in [-0.3, -0.25) is 9.97 Å². The summed E-state index contributed by atoms with van der Waals surface area (Å²) in [6.07, 6.45) is 3.81. The predicted molar refractivity (Wildman–Crippen MR) is 170 cm³/mol.